The summed E-state index contributed by atoms with van der Waals surface area (Å²) in [4.78, 5) is 27.5. The first kappa shape index (κ1) is 21.9. The lowest BCUT2D eigenvalue weighted by molar-refractivity contribution is -0.140. The van der Waals surface area contributed by atoms with Gasteiger partial charge in [0.2, 0.25) is 0 Å². The van der Waals surface area contributed by atoms with E-state index in [2.05, 4.69) is 0 Å². The van der Waals surface area contributed by atoms with E-state index in [0.717, 1.165) is 17.7 Å². The number of rotatable bonds is 7. The molecule has 2 aliphatic rings. The van der Waals surface area contributed by atoms with Crippen LogP contribution in [-0.4, -0.2) is 55.2 Å². The molecule has 2 aromatic carbocycles. The van der Waals surface area contributed by atoms with Crippen molar-refractivity contribution in [3.8, 4) is 11.5 Å². The highest BCUT2D eigenvalue weighted by atomic mass is 16.5. The third-order valence-electron chi connectivity index (χ3n) is 5.87. The van der Waals surface area contributed by atoms with Crippen molar-refractivity contribution in [2.45, 2.75) is 31.9 Å². The summed E-state index contributed by atoms with van der Waals surface area (Å²) in [6.07, 6.45) is 1.35. The number of carbonyl (C=O) groups is 2. The van der Waals surface area contributed by atoms with E-state index in [4.69, 9.17) is 14.2 Å². The van der Waals surface area contributed by atoms with Crippen LogP contribution in [0.2, 0.25) is 0 Å². The largest absolute Gasteiger partial charge is 0.507 e. The molecule has 168 valence electrons. The van der Waals surface area contributed by atoms with E-state index < -0.39 is 17.7 Å². The number of aliphatic hydroxyl groups is 1. The van der Waals surface area contributed by atoms with Gasteiger partial charge in [0.1, 0.15) is 23.4 Å². The second kappa shape index (κ2) is 9.04. The molecule has 0 aromatic heterocycles. The number of carbonyl (C=O) groups excluding carboxylic acids is 2. The van der Waals surface area contributed by atoms with Crippen LogP contribution in [-0.2, 0) is 20.7 Å². The van der Waals surface area contributed by atoms with E-state index in [0.29, 0.717) is 36.4 Å². The Kier molecular flexibility index (Phi) is 6.19. The highest BCUT2D eigenvalue weighted by Crippen LogP contribution is 2.41. The molecule has 0 spiro atoms. The predicted molar refractivity (Wildman–Crippen MR) is 119 cm³/mol. The Morgan fingerprint density at radius 2 is 2.00 bits per heavy atom. The van der Waals surface area contributed by atoms with Gasteiger partial charge in [-0.15, -0.1) is 0 Å². The molecule has 0 saturated carbocycles. The van der Waals surface area contributed by atoms with Crippen molar-refractivity contribution in [2.24, 2.45) is 0 Å². The van der Waals surface area contributed by atoms with Crippen molar-refractivity contribution < 1.29 is 28.9 Å². The molecular formula is C25H27NO6. The maximum absolute atomic E-state index is 13.1. The molecule has 1 amide bonds. The Labute approximate surface area is 187 Å². The number of benzene rings is 2. The van der Waals surface area contributed by atoms with Crippen molar-refractivity contribution in [2.75, 3.05) is 27.4 Å². The summed E-state index contributed by atoms with van der Waals surface area (Å²) in [6.45, 7) is 2.76. The van der Waals surface area contributed by atoms with Crippen LogP contribution in [0, 0.1) is 0 Å². The first-order chi connectivity index (χ1) is 15.4. The van der Waals surface area contributed by atoms with Crippen LogP contribution in [0.4, 0.5) is 0 Å². The van der Waals surface area contributed by atoms with Crippen molar-refractivity contribution in [3.63, 3.8) is 0 Å². The van der Waals surface area contributed by atoms with Gasteiger partial charge in [0.25, 0.3) is 11.7 Å². The minimum Gasteiger partial charge on any atom is -0.507 e. The third kappa shape index (κ3) is 3.96. The van der Waals surface area contributed by atoms with Crippen LogP contribution in [0.3, 0.4) is 0 Å². The number of likely N-dealkylation sites (tertiary alicyclic amines) is 1. The van der Waals surface area contributed by atoms with E-state index in [1.165, 1.54) is 4.90 Å². The SMILES string of the molecule is COCCCN1C(=O)C(=O)C(=C(O)c2ccc3c(c2)C[C@H](C)O3)[C@H]1c1cccc(OC)c1. The lowest BCUT2D eigenvalue weighted by Gasteiger charge is -2.25. The summed E-state index contributed by atoms with van der Waals surface area (Å²) in [5.74, 6) is -0.133. The van der Waals surface area contributed by atoms with E-state index in [1.54, 1.807) is 44.6 Å². The third-order valence-corrected chi connectivity index (χ3v) is 5.87. The fourth-order valence-electron chi connectivity index (χ4n) is 4.37. The van der Waals surface area contributed by atoms with Crippen LogP contribution in [0.5, 0.6) is 11.5 Å². The Bertz CT molecular complexity index is 1080. The quantitative estimate of drug-likeness (QED) is 0.309. The molecule has 2 heterocycles. The molecule has 0 radical (unpaired) electrons. The number of aliphatic hydroxyl groups excluding tert-OH is 1. The van der Waals surface area contributed by atoms with E-state index in [-0.39, 0.29) is 17.4 Å². The van der Waals surface area contributed by atoms with Gasteiger partial charge in [-0.05, 0) is 54.8 Å². The number of fused-ring (bicyclic) bond motifs is 1. The molecule has 4 rings (SSSR count). The summed E-state index contributed by atoms with van der Waals surface area (Å²) < 4.78 is 16.2. The lowest BCUT2D eigenvalue weighted by atomic mass is 9.94. The Morgan fingerprint density at radius 1 is 1.19 bits per heavy atom. The molecule has 32 heavy (non-hydrogen) atoms. The first-order valence-corrected chi connectivity index (χ1v) is 10.7. The number of ketones is 1. The second-order valence-corrected chi connectivity index (χ2v) is 8.07. The number of ether oxygens (including phenoxy) is 3. The minimum atomic E-state index is -0.717. The number of Topliss-reactive ketones (excluding diaryl/α,β-unsaturated/α-hetero) is 1. The average molecular weight is 437 g/mol. The number of hydrogen-bond acceptors (Lipinski definition) is 6. The van der Waals surface area contributed by atoms with Crippen LogP contribution < -0.4 is 9.47 Å². The van der Waals surface area contributed by atoms with E-state index in [9.17, 15) is 14.7 Å². The van der Waals surface area contributed by atoms with Crippen molar-refractivity contribution in [1.82, 2.24) is 4.90 Å². The maximum atomic E-state index is 13.1. The summed E-state index contributed by atoms with van der Waals surface area (Å²) in [7, 11) is 3.15. The topological polar surface area (TPSA) is 85.3 Å². The molecular weight excluding hydrogens is 410 g/mol. The Morgan fingerprint density at radius 3 is 2.75 bits per heavy atom. The van der Waals surface area contributed by atoms with Crippen molar-refractivity contribution in [1.29, 1.82) is 0 Å². The Hall–Kier alpha value is -3.32. The molecule has 1 saturated heterocycles. The molecule has 0 bridgehead atoms. The molecule has 0 aliphatic carbocycles. The zero-order valence-electron chi connectivity index (χ0n) is 18.5. The van der Waals surface area contributed by atoms with Crippen LogP contribution in [0.1, 0.15) is 36.1 Å². The lowest BCUT2D eigenvalue weighted by Crippen LogP contribution is -2.31. The van der Waals surface area contributed by atoms with Crippen molar-refractivity contribution in [3.05, 3.63) is 64.7 Å². The number of hydrogen-bond donors (Lipinski definition) is 1. The van der Waals surface area contributed by atoms with Gasteiger partial charge in [0, 0.05) is 32.2 Å². The maximum Gasteiger partial charge on any atom is 0.295 e. The van der Waals surface area contributed by atoms with E-state index >= 15 is 0 Å². The fraction of sp³-hybridized carbons (Fsp3) is 0.360. The first-order valence-electron chi connectivity index (χ1n) is 10.7. The van der Waals surface area contributed by atoms with E-state index in [1.807, 2.05) is 19.1 Å². The average Bonchev–Trinajstić information content (AvgIpc) is 3.29. The number of amides is 1. The monoisotopic (exact) mass is 437 g/mol. The molecule has 0 unspecified atom stereocenters. The van der Waals surface area contributed by atoms with Crippen LogP contribution in [0.25, 0.3) is 5.76 Å². The van der Waals surface area contributed by atoms with Gasteiger partial charge in [0.05, 0.1) is 18.7 Å². The normalized spacial score (nSPS) is 21.5. The second-order valence-electron chi connectivity index (χ2n) is 8.07. The molecule has 1 fully saturated rings. The number of methoxy groups -OCH3 is 2. The highest BCUT2D eigenvalue weighted by molar-refractivity contribution is 6.46. The van der Waals surface area contributed by atoms with Gasteiger partial charge in [0.15, 0.2) is 0 Å². The van der Waals surface area contributed by atoms with Gasteiger partial charge < -0.3 is 24.2 Å². The van der Waals surface area contributed by atoms with Gasteiger partial charge in [-0.2, -0.15) is 0 Å². The molecule has 2 aromatic rings. The van der Waals surface area contributed by atoms with Gasteiger partial charge in [-0.1, -0.05) is 12.1 Å². The smallest absolute Gasteiger partial charge is 0.295 e. The van der Waals surface area contributed by atoms with Crippen molar-refractivity contribution >= 4 is 17.4 Å². The zero-order chi connectivity index (χ0) is 22.8. The van der Waals surface area contributed by atoms with Gasteiger partial charge in [-0.3, -0.25) is 9.59 Å². The summed E-state index contributed by atoms with van der Waals surface area (Å²) >= 11 is 0. The van der Waals surface area contributed by atoms with Gasteiger partial charge >= 0.3 is 0 Å². The number of nitrogens with zero attached hydrogens (tertiary/aromatic N) is 1. The fourth-order valence-corrected chi connectivity index (χ4v) is 4.37. The summed E-state index contributed by atoms with van der Waals surface area (Å²) in [5.41, 5.74) is 2.23. The molecule has 1 N–H and O–H groups in total. The molecule has 2 aliphatic heterocycles. The highest BCUT2D eigenvalue weighted by Gasteiger charge is 2.46. The molecule has 7 nitrogen and oxygen atoms in total. The molecule has 7 heteroatoms. The molecule has 2 atom stereocenters. The van der Waals surface area contributed by atoms with Crippen LogP contribution in [0.15, 0.2) is 48.0 Å². The standard InChI is InChI=1S/C25H27NO6/c1-15-12-18-13-17(8-9-20(18)32-15)23(27)21-22(16-6-4-7-19(14-16)31-3)26(10-5-11-30-2)25(29)24(21)28/h4,6-9,13-15,22,27H,5,10-12H2,1-3H3/t15-,22+/m0/s1. The predicted octanol–water partition coefficient (Wildman–Crippen LogP) is 3.48. The zero-order valence-corrected chi connectivity index (χ0v) is 18.5. The summed E-state index contributed by atoms with van der Waals surface area (Å²) in [5, 5.41) is 11.2. The van der Waals surface area contributed by atoms with Gasteiger partial charge in [-0.25, -0.2) is 0 Å². The van der Waals surface area contributed by atoms with Crippen LogP contribution >= 0.6 is 0 Å². The minimum absolute atomic E-state index is 0.0607. The summed E-state index contributed by atoms with van der Waals surface area (Å²) in [6, 6.07) is 11.8. The Balaban J connectivity index is 1.81.